The summed E-state index contributed by atoms with van der Waals surface area (Å²) in [6.45, 7) is -0.414. The molecule has 1 amide bonds. The molecular weight excluding hydrogens is 432 g/mol. The van der Waals surface area contributed by atoms with E-state index in [1.807, 2.05) is 29.6 Å². The molecule has 0 unspecified atom stereocenters. The predicted molar refractivity (Wildman–Crippen MR) is 107 cm³/mol. The van der Waals surface area contributed by atoms with E-state index in [4.69, 9.17) is 9.47 Å². The zero-order chi connectivity index (χ0) is 19.2. The first-order chi connectivity index (χ1) is 13.1. The molecule has 0 bridgehead atoms. The van der Waals surface area contributed by atoms with Crippen LogP contribution in [-0.4, -0.2) is 30.6 Å². The third-order valence-electron chi connectivity index (χ3n) is 3.53. The number of aromatic nitrogens is 1. The molecule has 8 heteroatoms. The van der Waals surface area contributed by atoms with Gasteiger partial charge in [-0.15, -0.1) is 11.3 Å². The number of hydrogen-bond acceptors (Lipinski definition) is 6. The van der Waals surface area contributed by atoms with Crippen LogP contribution in [0.2, 0.25) is 0 Å². The van der Waals surface area contributed by atoms with Gasteiger partial charge in [0.05, 0.1) is 12.8 Å². The van der Waals surface area contributed by atoms with Gasteiger partial charge in [-0.25, -0.2) is 9.78 Å². The number of ether oxygens (including phenoxy) is 2. The number of halogens is 1. The average Bonchev–Trinajstić information content (AvgIpc) is 3.14. The lowest BCUT2D eigenvalue weighted by molar-refractivity contribution is -0.119. The Morgan fingerprint density at radius 3 is 2.78 bits per heavy atom. The quantitative estimate of drug-likeness (QED) is 0.568. The zero-order valence-corrected chi connectivity index (χ0v) is 16.7. The molecule has 6 nitrogen and oxygen atoms in total. The number of esters is 1. The molecule has 1 N–H and O–H groups in total. The van der Waals surface area contributed by atoms with Gasteiger partial charge < -0.3 is 9.47 Å². The summed E-state index contributed by atoms with van der Waals surface area (Å²) in [5, 5.41) is 4.91. The number of thiazole rings is 1. The third-order valence-corrected chi connectivity index (χ3v) is 4.78. The van der Waals surface area contributed by atoms with Gasteiger partial charge in [0.15, 0.2) is 11.7 Å². The van der Waals surface area contributed by atoms with Gasteiger partial charge in [-0.3, -0.25) is 10.1 Å². The van der Waals surface area contributed by atoms with Crippen molar-refractivity contribution in [2.75, 3.05) is 19.0 Å². The van der Waals surface area contributed by atoms with Crippen LogP contribution in [0, 0.1) is 0 Å². The summed E-state index contributed by atoms with van der Waals surface area (Å²) in [7, 11) is 1.46. The largest absolute Gasteiger partial charge is 0.496 e. The maximum Gasteiger partial charge on any atom is 0.342 e. The second-order valence-corrected chi connectivity index (χ2v) is 7.15. The number of amides is 1. The first-order valence-corrected chi connectivity index (χ1v) is 9.55. The van der Waals surface area contributed by atoms with Crippen molar-refractivity contribution < 1.29 is 19.1 Å². The van der Waals surface area contributed by atoms with Crippen molar-refractivity contribution in [2.24, 2.45) is 0 Å². The number of para-hydroxylation sites is 1. The van der Waals surface area contributed by atoms with Crippen molar-refractivity contribution in [3.05, 3.63) is 63.9 Å². The molecule has 1 heterocycles. The van der Waals surface area contributed by atoms with Crippen molar-refractivity contribution in [1.82, 2.24) is 4.98 Å². The summed E-state index contributed by atoms with van der Waals surface area (Å²) < 4.78 is 11.1. The van der Waals surface area contributed by atoms with E-state index in [0.29, 0.717) is 10.9 Å². The van der Waals surface area contributed by atoms with Gasteiger partial charge in [0, 0.05) is 15.4 Å². The highest BCUT2D eigenvalue weighted by atomic mass is 79.9. The van der Waals surface area contributed by atoms with E-state index in [2.05, 4.69) is 26.2 Å². The van der Waals surface area contributed by atoms with Gasteiger partial charge in [-0.2, -0.15) is 0 Å². The van der Waals surface area contributed by atoms with Crippen molar-refractivity contribution >= 4 is 44.3 Å². The minimum atomic E-state index is -0.628. The van der Waals surface area contributed by atoms with Crippen LogP contribution in [0.15, 0.2) is 58.4 Å². The highest BCUT2D eigenvalue weighted by molar-refractivity contribution is 9.10. The van der Waals surface area contributed by atoms with E-state index in [1.54, 1.807) is 24.3 Å². The highest BCUT2D eigenvalue weighted by Gasteiger charge is 2.15. The normalized spacial score (nSPS) is 10.3. The van der Waals surface area contributed by atoms with Gasteiger partial charge in [0.25, 0.3) is 5.91 Å². The predicted octanol–water partition coefficient (Wildman–Crippen LogP) is 4.38. The van der Waals surface area contributed by atoms with Crippen molar-refractivity contribution in [3.8, 4) is 17.0 Å². The van der Waals surface area contributed by atoms with Crippen LogP contribution >= 0.6 is 27.3 Å². The molecule has 27 heavy (non-hydrogen) atoms. The van der Waals surface area contributed by atoms with E-state index in [-0.39, 0.29) is 5.56 Å². The second-order valence-electron chi connectivity index (χ2n) is 5.37. The van der Waals surface area contributed by atoms with Crippen molar-refractivity contribution in [1.29, 1.82) is 0 Å². The lowest BCUT2D eigenvalue weighted by Crippen LogP contribution is -2.21. The van der Waals surface area contributed by atoms with Crippen LogP contribution in [0.25, 0.3) is 11.3 Å². The minimum absolute atomic E-state index is 0.263. The van der Waals surface area contributed by atoms with Crippen LogP contribution in [0.3, 0.4) is 0 Å². The minimum Gasteiger partial charge on any atom is -0.496 e. The van der Waals surface area contributed by atoms with E-state index >= 15 is 0 Å². The maximum atomic E-state index is 12.1. The van der Waals surface area contributed by atoms with Crippen LogP contribution in [0.4, 0.5) is 5.13 Å². The summed E-state index contributed by atoms with van der Waals surface area (Å²) in [6, 6.07) is 14.4. The fourth-order valence-electron chi connectivity index (χ4n) is 2.29. The second kappa shape index (κ2) is 8.79. The third kappa shape index (κ3) is 4.93. The molecule has 3 rings (SSSR count). The smallest absolute Gasteiger partial charge is 0.342 e. The van der Waals surface area contributed by atoms with Crippen LogP contribution in [0.5, 0.6) is 5.75 Å². The summed E-state index contributed by atoms with van der Waals surface area (Å²) in [4.78, 5) is 28.5. The Morgan fingerprint density at radius 2 is 2.00 bits per heavy atom. The molecule has 0 spiro atoms. The van der Waals surface area contributed by atoms with Gasteiger partial charge in [0.2, 0.25) is 0 Å². The van der Waals surface area contributed by atoms with Crippen molar-refractivity contribution in [2.45, 2.75) is 0 Å². The average molecular weight is 447 g/mol. The fraction of sp³-hybridized carbons (Fsp3) is 0.105. The van der Waals surface area contributed by atoms with E-state index in [9.17, 15) is 9.59 Å². The molecule has 0 aliphatic rings. The zero-order valence-electron chi connectivity index (χ0n) is 14.3. The van der Waals surface area contributed by atoms with Gasteiger partial charge >= 0.3 is 5.97 Å². The number of carbonyl (C=O) groups is 2. The molecule has 3 aromatic rings. The SMILES string of the molecule is COc1ccccc1C(=O)OCC(=O)Nc1nc(-c2cccc(Br)c2)cs1. The van der Waals surface area contributed by atoms with Crippen LogP contribution < -0.4 is 10.1 Å². The number of carbonyl (C=O) groups excluding carboxylic acids is 2. The highest BCUT2D eigenvalue weighted by Crippen LogP contribution is 2.26. The molecule has 0 fully saturated rings. The van der Waals surface area contributed by atoms with Gasteiger partial charge in [0.1, 0.15) is 11.3 Å². The van der Waals surface area contributed by atoms with Gasteiger partial charge in [-0.05, 0) is 24.3 Å². The van der Waals surface area contributed by atoms with Crippen LogP contribution in [0.1, 0.15) is 10.4 Å². The Labute approximate surface area is 168 Å². The van der Waals surface area contributed by atoms with E-state index in [1.165, 1.54) is 18.4 Å². The number of anilines is 1. The number of hydrogen-bond donors (Lipinski definition) is 1. The topological polar surface area (TPSA) is 77.5 Å². The molecule has 0 aliphatic heterocycles. The molecule has 2 aromatic carbocycles. The molecule has 0 saturated heterocycles. The Kier molecular flexibility index (Phi) is 6.20. The Balaban J connectivity index is 1.58. The lowest BCUT2D eigenvalue weighted by atomic mass is 10.2. The summed E-state index contributed by atoms with van der Waals surface area (Å²) in [5.74, 6) is -0.702. The number of nitrogens with zero attached hydrogens (tertiary/aromatic N) is 1. The standard InChI is InChI=1S/C19H15BrN2O4S/c1-25-16-8-3-2-7-14(16)18(24)26-10-17(23)22-19-21-15(11-27-19)12-5-4-6-13(20)9-12/h2-9,11H,10H2,1H3,(H,21,22,23). The molecule has 1 aromatic heterocycles. The monoisotopic (exact) mass is 446 g/mol. The molecule has 0 radical (unpaired) electrons. The Morgan fingerprint density at radius 1 is 1.19 bits per heavy atom. The van der Waals surface area contributed by atoms with Crippen LogP contribution in [-0.2, 0) is 9.53 Å². The van der Waals surface area contributed by atoms with Crippen molar-refractivity contribution in [3.63, 3.8) is 0 Å². The fourth-order valence-corrected chi connectivity index (χ4v) is 3.42. The molecular formula is C19H15BrN2O4S. The Bertz CT molecular complexity index is 974. The summed E-state index contributed by atoms with van der Waals surface area (Å²) in [5.41, 5.74) is 1.95. The number of nitrogens with one attached hydrogen (secondary N) is 1. The number of methoxy groups -OCH3 is 1. The van der Waals surface area contributed by atoms with Gasteiger partial charge in [-0.1, -0.05) is 40.2 Å². The summed E-state index contributed by atoms with van der Waals surface area (Å²) >= 11 is 4.71. The molecule has 138 valence electrons. The summed E-state index contributed by atoms with van der Waals surface area (Å²) in [6.07, 6.45) is 0. The van der Waals surface area contributed by atoms with E-state index < -0.39 is 18.5 Å². The number of rotatable bonds is 6. The first kappa shape index (κ1) is 19.1. The molecule has 0 atom stereocenters. The molecule has 0 aliphatic carbocycles. The van der Waals surface area contributed by atoms with E-state index in [0.717, 1.165) is 15.7 Å². The maximum absolute atomic E-state index is 12.1. The Hall–Kier alpha value is -2.71. The molecule has 0 saturated carbocycles. The lowest BCUT2D eigenvalue weighted by Gasteiger charge is -2.08. The first-order valence-electron chi connectivity index (χ1n) is 7.88. The number of benzene rings is 2.